The molecule has 0 spiro atoms. The molecule has 2 N–H and O–H groups in total. The van der Waals surface area contributed by atoms with E-state index in [2.05, 4.69) is 58.8 Å². The number of aromatic nitrogens is 3. The number of hydrogen-bond acceptors (Lipinski definition) is 5. The molecule has 3 aromatic heterocycles. The Morgan fingerprint density at radius 2 is 1.94 bits per heavy atom. The lowest BCUT2D eigenvalue weighted by molar-refractivity contribution is 0.0909. The van der Waals surface area contributed by atoms with Crippen molar-refractivity contribution in [2.45, 2.75) is 32.2 Å². The van der Waals surface area contributed by atoms with Gasteiger partial charge in [-0.05, 0) is 69.7 Å². The van der Waals surface area contributed by atoms with Gasteiger partial charge in [-0.3, -0.25) is 9.78 Å². The summed E-state index contributed by atoms with van der Waals surface area (Å²) in [6, 6.07) is 12.6. The molecule has 1 fully saturated rings. The first kappa shape index (κ1) is 22.3. The van der Waals surface area contributed by atoms with Gasteiger partial charge in [0.05, 0.1) is 11.2 Å². The van der Waals surface area contributed by atoms with E-state index in [0.717, 1.165) is 77.6 Å². The number of nitrogens with one attached hydrogen (secondary N) is 2. The third kappa shape index (κ3) is 4.35. The smallest absolute Gasteiger partial charge is 0.268 e. The molecule has 0 saturated carbocycles. The third-order valence-electron chi connectivity index (χ3n) is 6.80. The van der Waals surface area contributed by atoms with Gasteiger partial charge in [0, 0.05) is 59.6 Å². The minimum atomic E-state index is -0.00261. The fraction of sp³-hybridized carbons (Fsp3) is 0.370. The van der Waals surface area contributed by atoms with Crippen LogP contribution < -0.4 is 10.6 Å². The van der Waals surface area contributed by atoms with Gasteiger partial charge in [0.15, 0.2) is 0 Å². The molecule has 34 heavy (non-hydrogen) atoms. The first-order chi connectivity index (χ1) is 16.5. The fourth-order valence-corrected chi connectivity index (χ4v) is 4.76. The Hall–Kier alpha value is -3.45. The van der Waals surface area contributed by atoms with Crippen molar-refractivity contribution in [1.29, 1.82) is 0 Å². The van der Waals surface area contributed by atoms with Crippen molar-refractivity contribution in [3.8, 4) is 11.3 Å². The standard InChI is InChI=1S/C27H32N6O/c1-4-10-29-24-16-23(31-22-7-11-28-17-21(22)24)18-5-6-25-19(14-18)15-26(33(25)3)27(34)30-20-8-12-32(2)13-9-20/h5-7,11,14-17,20H,4,8-10,12-13H2,1-3H3,(H,29,31)(H,30,34). The van der Waals surface area contributed by atoms with Crippen molar-refractivity contribution >= 4 is 33.4 Å². The molecular formula is C27H32N6O. The average Bonchev–Trinajstić information content (AvgIpc) is 3.19. The van der Waals surface area contributed by atoms with Crippen LogP contribution in [0.3, 0.4) is 0 Å². The molecule has 0 aliphatic carbocycles. The zero-order valence-electron chi connectivity index (χ0n) is 20.1. The number of piperidine rings is 1. The molecule has 0 radical (unpaired) electrons. The predicted octanol–water partition coefficient (Wildman–Crippen LogP) is 4.43. The highest BCUT2D eigenvalue weighted by Gasteiger charge is 2.21. The number of carbonyl (C=O) groups is 1. The Balaban J connectivity index is 1.46. The zero-order chi connectivity index (χ0) is 23.7. The molecule has 1 aliphatic rings. The molecule has 5 rings (SSSR count). The van der Waals surface area contributed by atoms with E-state index in [1.165, 1.54) is 0 Å². The molecule has 7 heteroatoms. The van der Waals surface area contributed by atoms with Gasteiger partial charge < -0.3 is 20.1 Å². The van der Waals surface area contributed by atoms with Crippen molar-refractivity contribution in [3.63, 3.8) is 0 Å². The summed E-state index contributed by atoms with van der Waals surface area (Å²) in [5.74, 6) is -0.00261. The summed E-state index contributed by atoms with van der Waals surface area (Å²) in [5, 5.41) is 8.81. The minimum absolute atomic E-state index is 0.00261. The van der Waals surface area contributed by atoms with E-state index in [1.807, 2.05) is 29.9 Å². The number of amides is 1. The Morgan fingerprint density at radius 3 is 2.74 bits per heavy atom. The number of pyridine rings is 2. The summed E-state index contributed by atoms with van der Waals surface area (Å²) in [5.41, 5.74) is 5.61. The molecule has 1 aromatic carbocycles. The number of benzene rings is 1. The summed E-state index contributed by atoms with van der Waals surface area (Å²) in [7, 11) is 4.09. The lowest BCUT2D eigenvalue weighted by Gasteiger charge is -2.29. The number of aryl methyl sites for hydroxylation is 1. The van der Waals surface area contributed by atoms with Crippen molar-refractivity contribution in [2.75, 3.05) is 32.0 Å². The number of anilines is 1. The third-order valence-corrected chi connectivity index (χ3v) is 6.80. The molecule has 176 valence electrons. The van der Waals surface area contributed by atoms with Crippen LogP contribution in [0.15, 0.2) is 48.8 Å². The van der Waals surface area contributed by atoms with Crippen molar-refractivity contribution in [3.05, 3.63) is 54.5 Å². The van der Waals surface area contributed by atoms with Crippen LogP contribution in [-0.2, 0) is 7.05 Å². The van der Waals surface area contributed by atoms with Gasteiger partial charge >= 0.3 is 0 Å². The summed E-state index contributed by atoms with van der Waals surface area (Å²) in [6.45, 7) is 5.08. The molecule has 4 heterocycles. The van der Waals surface area contributed by atoms with Gasteiger partial charge in [-0.15, -0.1) is 0 Å². The Morgan fingerprint density at radius 1 is 1.12 bits per heavy atom. The van der Waals surface area contributed by atoms with Gasteiger partial charge in [-0.1, -0.05) is 13.0 Å². The van der Waals surface area contributed by atoms with Crippen LogP contribution in [0.1, 0.15) is 36.7 Å². The van der Waals surface area contributed by atoms with Crippen LogP contribution in [0.5, 0.6) is 0 Å². The van der Waals surface area contributed by atoms with Crippen LogP contribution in [0.25, 0.3) is 33.1 Å². The summed E-state index contributed by atoms with van der Waals surface area (Å²) in [4.78, 5) is 24.5. The maximum atomic E-state index is 13.1. The molecule has 4 aromatic rings. The number of fused-ring (bicyclic) bond motifs is 2. The van der Waals surface area contributed by atoms with E-state index >= 15 is 0 Å². The number of rotatable bonds is 6. The second-order valence-corrected chi connectivity index (χ2v) is 9.29. The normalized spacial score (nSPS) is 15.1. The van der Waals surface area contributed by atoms with Crippen LogP contribution in [-0.4, -0.2) is 58.1 Å². The van der Waals surface area contributed by atoms with Gasteiger partial charge in [0.2, 0.25) is 0 Å². The highest BCUT2D eigenvalue weighted by atomic mass is 16.2. The Bertz CT molecular complexity index is 1340. The van der Waals surface area contributed by atoms with E-state index < -0.39 is 0 Å². The average molecular weight is 457 g/mol. The van der Waals surface area contributed by atoms with E-state index in [4.69, 9.17) is 4.98 Å². The summed E-state index contributed by atoms with van der Waals surface area (Å²) in [6.07, 6.45) is 6.66. The maximum Gasteiger partial charge on any atom is 0.268 e. The quantitative estimate of drug-likeness (QED) is 0.449. The first-order valence-corrected chi connectivity index (χ1v) is 12.1. The second-order valence-electron chi connectivity index (χ2n) is 9.29. The molecule has 0 unspecified atom stereocenters. The minimum Gasteiger partial charge on any atom is -0.384 e. The van der Waals surface area contributed by atoms with Gasteiger partial charge in [0.25, 0.3) is 5.91 Å². The fourth-order valence-electron chi connectivity index (χ4n) is 4.76. The predicted molar refractivity (Wildman–Crippen MR) is 138 cm³/mol. The van der Waals surface area contributed by atoms with E-state index in [1.54, 1.807) is 6.20 Å². The zero-order valence-corrected chi connectivity index (χ0v) is 20.1. The molecule has 7 nitrogen and oxygen atoms in total. The number of likely N-dealkylation sites (tertiary alicyclic amines) is 1. The van der Waals surface area contributed by atoms with Gasteiger partial charge in [-0.2, -0.15) is 0 Å². The van der Waals surface area contributed by atoms with Crippen LogP contribution in [0.4, 0.5) is 5.69 Å². The SMILES string of the molecule is CCCNc1cc(-c2ccc3c(c2)cc(C(=O)NC2CCN(C)CC2)n3C)nc2ccncc12. The Kier molecular flexibility index (Phi) is 6.20. The number of carbonyl (C=O) groups excluding carboxylic acids is 1. The topological polar surface area (TPSA) is 75.1 Å². The molecule has 1 aliphatic heterocycles. The molecule has 0 bridgehead atoms. The maximum absolute atomic E-state index is 13.1. The number of hydrogen-bond donors (Lipinski definition) is 2. The van der Waals surface area contributed by atoms with E-state index in [9.17, 15) is 4.79 Å². The lowest BCUT2D eigenvalue weighted by Crippen LogP contribution is -2.43. The molecular weight excluding hydrogens is 424 g/mol. The van der Waals surface area contributed by atoms with Gasteiger partial charge in [-0.25, -0.2) is 4.98 Å². The monoisotopic (exact) mass is 456 g/mol. The van der Waals surface area contributed by atoms with Crippen LogP contribution in [0, 0.1) is 0 Å². The highest BCUT2D eigenvalue weighted by Crippen LogP contribution is 2.30. The number of nitrogens with zero attached hydrogens (tertiary/aromatic N) is 4. The summed E-state index contributed by atoms with van der Waals surface area (Å²) >= 11 is 0. The van der Waals surface area contributed by atoms with Crippen molar-refractivity contribution < 1.29 is 4.79 Å². The van der Waals surface area contributed by atoms with Crippen molar-refractivity contribution in [2.24, 2.45) is 7.05 Å². The van der Waals surface area contributed by atoms with Crippen LogP contribution in [0.2, 0.25) is 0 Å². The van der Waals surface area contributed by atoms with Gasteiger partial charge in [0.1, 0.15) is 5.69 Å². The van der Waals surface area contributed by atoms with E-state index in [-0.39, 0.29) is 11.9 Å². The summed E-state index contributed by atoms with van der Waals surface area (Å²) < 4.78 is 1.98. The lowest BCUT2D eigenvalue weighted by atomic mass is 10.1. The first-order valence-electron chi connectivity index (χ1n) is 12.1. The largest absolute Gasteiger partial charge is 0.384 e. The van der Waals surface area contributed by atoms with Crippen molar-refractivity contribution in [1.82, 2.24) is 24.8 Å². The Labute approximate surface area is 200 Å². The van der Waals surface area contributed by atoms with E-state index in [0.29, 0.717) is 5.69 Å². The molecule has 1 amide bonds. The molecule has 1 saturated heterocycles. The van der Waals surface area contributed by atoms with Crippen LogP contribution >= 0.6 is 0 Å². The molecule has 0 atom stereocenters. The second kappa shape index (κ2) is 9.43. The highest BCUT2D eigenvalue weighted by molar-refractivity contribution is 6.00.